The van der Waals surface area contributed by atoms with Crippen LogP contribution in [0.3, 0.4) is 0 Å². The molecule has 3 heteroatoms. The molecule has 0 aliphatic heterocycles. The zero-order valence-electron chi connectivity index (χ0n) is 7.79. The Bertz CT molecular complexity index is 344. The summed E-state index contributed by atoms with van der Waals surface area (Å²) in [6.07, 6.45) is 5.88. The number of terminal acetylenes is 1. The summed E-state index contributed by atoms with van der Waals surface area (Å²) in [6.45, 7) is 0.844. The molecular weight excluding hydrogens is 198 g/mol. The van der Waals surface area contributed by atoms with Crippen molar-refractivity contribution in [3.8, 4) is 18.1 Å². The Hall–Kier alpha value is -1.17. The van der Waals surface area contributed by atoms with E-state index in [4.69, 9.17) is 28.5 Å². The van der Waals surface area contributed by atoms with Gasteiger partial charge in [0.2, 0.25) is 0 Å². The van der Waals surface area contributed by atoms with Gasteiger partial charge in [0.15, 0.2) is 0 Å². The highest BCUT2D eigenvalue weighted by molar-refractivity contribution is 6.32. The predicted octanol–water partition coefficient (Wildman–Crippen LogP) is 1.85. The van der Waals surface area contributed by atoms with Gasteiger partial charge in [0.25, 0.3) is 0 Å². The quantitative estimate of drug-likeness (QED) is 0.769. The molecule has 0 spiro atoms. The van der Waals surface area contributed by atoms with Crippen molar-refractivity contribution in [2.75, 3.05) is 13.2 Å². The van der Waals surface area contributed by atoms with Crippen LogP contribution in [0.15, 0.2) is 18.2 Å². The molecule has 0 amide bonds. The summed E-state index contributed by atoms with van der Waals surface area (Å²) < 4.78 is 5.22. The molecule has 0 fully saturated rings. The summed E-state index contributed by atoms with van der Waals surface area (Å²) in [7, 11) is 0. The fraction of sp³-hybridized carbons (Fsp3) is 0.273. The number of benzene rings is 1. The normalized spacial score (nSPS) is 9.50. The Kier molecular flexibility index (Phi) is 4.31. The lowest BCUT2D eigenvalue weighted by Crippen LogP contribution is -2.02. The molecule has 74 valence electrons. The smallest absolute Gasteiger partial charge is 0.148 e. The van der Waals surface area contributed by atoms with Crippen molar-refractivity contribution < 1.29 is 4.74 Å². The first kappa shape index (κ1) is 10.9. The SMILES string of the molecule is C#CCOc1ccc(CCN)cc1Cl. The van der Waals surface area contributed by atoms with Crippen LogP contribution in [-0.4, -0.2) is 13.2 Å². The standard InChI is InChI=1S/C11H12ClNO/c1-2-7-14-11-4-3-9(5-6-13)8-10(11)12/h1,3-4,8H,5-7,13H2. The molecule has 0 unspecified atom stereocenters. The Morgan fingerprint density at radius 1 is 1.50 bits per heavy atom. The minimum Gasteiger partial charge on any atom is -0.479 e. The summed E-state index contributed by atoms with van der Waals surface area (Å²) in [4.78, 5) is 0. The van der Waals surface area contributed by atoms with E-state index in [2.05, 4.69) is 5.92 Å². The Morgan fingerprint density at radius 2 is 2.29 bits per heavy atom. The number of halogens is 1. The second-order valence-corrected chi connectivity index (χ2v) is 3.20. The summed E-state index contributed by atoms with van der Waals surface area (Å²) in [5, 5.41) is 0.575. The van der Waals surface area contributed by atoms with Gasteiger partial charge in [-0.05, 0) is 30.7 Å². The Labute approximate surface area is 89.0 Å². The van der Waals surface area contributed by atoms with Gasteiger partial charge >= 0.3 is 0 Å². The van der Waals surface area contributed by atoms with E-state index in [-0.39, 0.29) is 6.61 Å². The molecule has 2 N–H and O–H groups in total. The van der Waals surface area contributed by atoms with Gasteiger partial charge in [0.05, 0.1) is 5.02 Å². The topological polar surface area (TPSA) is 35.2 Å². The van der Waals surface area contributed by atoms with E-state index in [0.717, 1.165) is 12.0 Å². The maximum atomic E-state index is 5.97. The van der Waals surface area contributed by atoms with Crippen LogP contribution in [-0.2, 0) is 6.42 Å². The van der Waals surface area contributed by atoms with Crippen molar-refractivity contribution >= 4 is 11.6 Å². The fourth-order valence-electron chi connectivity index (χ4n) is 1.10. The minimum absolute atomic E-state index is 0.232. The zero-order valence-corrected chi connectivity index (χ0v) is 8.55. The van der Waals surface area contributed by atoms with Crippen molar-refractivity contribution in [2.45, 2.75) is 6.42 Å². The first-order chi connectivity index (χ1) is 6.77. The lowest BCUT2D eigenvalue weighted by molar-refractivity contribution is 0.370. The van der Waals surface area contributed by atoms with Crippen LogP contribution in [0.25, 0.3) is 0 Å². The van der Waals surface area contributed by atoms with Crippen LogP contribution in [0.4, 0.5) is 0 Å². The first-order valence-corrected chi connectivity index (χ1v) is 4.70. The van der Waals surface area contributed by atoms with Gasteiger partial charge in [-0.3, -0.25) is 0 Å². The van der Waals surface area contributed by atoms with Gasteiger partial charge in [-0.1, -0.05) is 23.6 Å². The van der Waals surface area contributed by atoms with Crippen LogP contribution in [0.2, 0.25) is 5.02 Å². The summed E-state index contributed by atoms with van der Waals surface area (Å²) in [5.74, 6) is 3.00. The molecule has 2 nitrogen and oxygen atoms in total. The number of nitrogens with two attached hydrogens (primary N) is 1. The third-order valence-corrected chi connectivity index (χ3v) is 2.04. The zero-order chi connectivity index (χ0) is 10.4. The molecule has 0 saturated carbocycles. The van der Waals surface area contributed by atoms with E-state index in [1.54, 1.807) is 0 Å². The maximum Gasteiger partial charge on any atom is 0.148 e. The molecule has 14 heavy (non-hydrogen) atoms. The first-order valence-electron chi connectivity index (χ1n) is 4.32. The second kappa shape index (κ2) is 5.54. The average molecular weight is 210 g/mol. The van der Waals surface area contributed by atoms with Crippen LogP contribution in [0.1, 0.15) is 5.56 Å². The van der Waals surface area contributed by atoms with E-state index >= 15 is 0 Å². The predicted molar refractivity (Wildman–Crippen MR) is 58.5 cm³/mol. The lowest BCUT2D eigenvalue weighted by Gasteiger charge is -2.06. The molecule has 1 aromatic rings. The number of hydrogen-bond acceptors (Lipinski definition) is 2. The second-order valence-electron chi connectivity index (χ2n) is 2.80. The molecular formula is C11H12ClNO. The molecule has 0 radical (unpaired) electrons. The van der Waals surface area contributed by atoms with Gasteiger partial charge in [-0.2, -0.15) is 0 Å². The molecule has 1 rings (SSSR count). The van der Waals surface area contributed by atoms with E-state index < -0.39 is 0 Å². The lowest BCUT2D eigenvalue weighted by atomic mass is 10.1. The third-order valence-electron chi connectivity index (χ3n) is 1.74. The van der Waals surface area contributed by atoms with Crippen molar-refractivity contribution in [2.24, 2.45) is 5.73 Å². The van der Waals surface area contributed by atoms with E-state index in [1.165, 1.54) is 0 Å². The van der Waals surface area contributed by atoms with Crippen LogP contribution in [0.5, 0.6) is 5.75 Å². The molecule has 0 aliphatic rings. The largest absolute Gasteiger partial charge is 0.479 e. The molecule has 0 heterocycles. The van der Waals surface area contributed by atoms with E-state index in [1.807, 2.05) is 18.2 Å². The summed E-state index contributed by atoms with van der Waals surface area (Å²) in [6, 6.07) is 5.59. The number of rotatable bonds is 4. The molecule has 1 aromatic carbocycles. The van der Waals surface area contributed by atoms with E-state index in [0.29, 0.717) is 17.3 Å². The van der Waals surface area contributed by atoms with Gasteiger partial charge < -0.3 is 10.5 Å². The van der Waals surface area contributed by atoms with Crippen LogP contribution < -0.4 is 10.5 Å². The highest BCUT2D eigenvalue weighted by Crippen LogP contribution is 2.25. The monoisotopic (exact) mass is 209 g/mol. The summed E-state index contributed by atoms with van der Waals surface area (Å²) in [5.41, 5.74) is 6.53. The maximum absolute atomic E-state index is 5.97. The number of ether oxygens (including phenoxy) is 1. The fourth-order valence-corrected chi connectivity index (χ4v) is 1.36. The van der Waals surface area contributed by atoms with E-state index in [9.17, 15) is 0 Å². The Balaban J connectivity index is 2.75. The molecule has 0 atom stereocenters. The molecule has 0 saturated heterocycles. The van der Waals surface area contributed by atoms with Crippen LogP contribution >= 0.6 is 11.6 Å². The molecule has 0 aliphatic carbocycles. The van der Waals surface area contributed by atoms with Crippen molar-refractivity contribution in [3.63, 3.8) is 0 Å². The van der Waals surface area contributed by atoms with Gasteiger partial charge in [0, 0.05) is 0 Å². The van der Waals surface area contributed by atoms with Gasteiger partial charge in [-0.15, -0.1) is 6.42 Å². The molecule has 0 aromatic heterocycles. The van der Waals surface area contributed by atoms with Crippen molar-refractivity contribution in [1.82, 2.24) is 0 Å². The highest BCUT2D eigenvalue weighted by Gasteiger charge is 2.01. The van der Waals surface area contributed by atoms with Crippen molar-refractivity contribution in [3.05, 3.63) is 28.8 Å². The molecule has 0 bridgehead atoms. The highest BCUT2D eigenvalue weighted by atomic mass is 35.5. The number of hydrogen-bond donors (Lipinski definition) is 1. The Morgan fingerprint density at radius 3 is 2.86 bits per heavy atom. The average Bonchev–Trinajstić information content (AvgIpc) is 2.17. The van der Waals surface area contributed by atoms with Crippen LogP contribution in [0, 0.1) is 12.3 Å². The minimum atomic E-state index is 0.232. The summed E-state index contributed by atoms with van der Waals surface area (Å²) >= 11 is 5.97. The van der Waals surface area contributed by atoms with Crippen molar-refractivity contribution in [1.29, 1.82) is 0 Å². The third kappa shape index (κ3) is 2.95. The van der Waals surface area contributed by atoms with Gasteiger partial charge in [-0.25, -0.2) is 0 Å². The van der Waals surface area contributed by atoms with Gasteiger partial charge in [0.1, 0.15) is 12.4 Å².